The van der Waals surface area contributed by atoms with Crippen LogP contribution in [0, 0.1) is 5.95 Å². The third-order valence-electron chi connectivity index (χ3n) is 8.80. The van der Waals surface area contributed by atoms with Gasteiger partial charge in [0.05, 0.1) is 36.0 Å². The van der Waals surface area contributed by atoms with E-state index >= 15 is 0 Å². The topological polar surface area (TPSA) is 245 Å². The van der Waals surface area contributed by atoms with Gasteiger partial charge in [0, 0.05) is 41.8 Å². The van der Waals surface area contributed by atoms with E-state index in [9.17, 15) is 4.39 Å². The van der Waals surface area contributed by atoms with E-state index in [0.29, 0.717) is 41.6 Å². The van der Waals surface area contributed by atoms with Gasteiger partial charge in [-0.25, -0.2) is 34.9 Å². The fourth-order valence-corrected chi connectivity index (χ4v) is 4.57. The van der Waals surface area contributed by atoms with Crippen molar-refractivity contribution in [2.75, 3.05) is 28.3 Å². The van der Waals surface area contributed by atoms with E-state index in [-0.39, 0.29) is 27.1 Å². The summed E-state index contributed by atoms with van der Waals surface area (Å²) in [6.45, 7) is 32.1. The SMILES string of the molecule is CC(C)(C)c1ccc(N)nc1.CC(C)(C)c1ccc(N)nn1.CC(C)(C)c1cnc(N)cn1.CC(C)(C)c1cnc(N)nc1.CC(C)(C)c1cnc(NCc2cccc(F)n2)nc1. The van der Waals surface area contributed by atoms with Crippen molar-refractivity contribution < 1.29 is 4.39 Å². The van der Waals surface area contributed by atoms with E-state index < -0.39 is 5.95 Å². The summed E-state index contributed by atoms with van der Waals surface area (Å²) in [4.78, 5) is 32.2. The number of hydrogen-bond donors (Lipinski definition) is 5. The predicted molar refractivity (Wildman–Crippen MR) is 255 cm³/mol. The number of nitrogens with two attached hydrogens (primary N) is 4. The van der Waals surface area contributed by atoms with Gasteiger partial charge in [0.1, 0.15) is 17.5 Å². The molecular formula is C47H70FN15. The molecule has 0 amide bonds. The van der Waals surface area contributed by atoms with Crippen LogP contribution in [0.3, 0.4) is 0 Å². The van der Waals surface area contributed by atoms with Crippen LogP contribution < -0.4 is 28.3 Å². The van der Waals surface area contributed by atoms with E-state index in [1.165, 1.54) is 11.6 Å². The highest BCUT2D eigenvalue weighted by atomic mass is 19.1. The molecule has 0 atom stereocenters. The molecule has 16 heteroatoms. The molecule has 0 bridgehead atoms. The number of nitrogens with one attached hydrogen (secondary N) is 1. The number of nitrogens with zero attached hydrogens (tertiary/aromatic N) is 10. The molecule has 6 aromatic rings. The third kappa shape index (κ3) is 20.3. The van der Waals surface area contributed by atoms with Gasteiger partial charge in [0.2, 0.25) is 17.8 Å². The number of anilines is 5. The zero-order valence-corrected chi connectivity index (χ0v) is 39.9. The first kappa shape index (κ1) is 52.7. The number of aromatic nitrogens is 10. The number of pyridine rings is 2. The van der Waals surface area contributed by atoms with Crippen LogP contribution in [0.5, 0.6) is 0 Å². The summed E-state index contributed by atoms with van der Waals surface area (Å²) in [6, 6.07) is 12.2. The van der Waals surface area contributed by atoms with Crippen molar-refractivity contribution >= 4 is 29.4 Å². The molecular weight excluding hydrogens is 794 g/mol. The molecule has 0 aliphatic rings. The van der Waals surface area contributed by atoms with E-state index in [2.05, 4.69) is 159 Å². The monoisotopic (exact) mass is 864 g/mol. The van der Waals surface area contributed by atoms with Gasteiger partial charge in [-0.1, -0.05) is 116 Å². The molecule has 0 aromatic carbocycles. The number of rotatable bonds is 3. The summed E-state index contributed by atoms with van der Waals surface area (Å²) in [5.41, 5.74) is 27.9. The molecule has 0 saturated carbocycles. The third-order valence-corrected chi connectivity index (χ3v) is 8.80. The van der Waals surface area contributed by atoms with Gasteiger partial charge in [-0.05, 0) is 63.3 Å². The van der Waals surface area contributed by atoms with Gasteiger partial charge >= 0.3 is 0 Å². The van der Waals surface area contributed by atoms with Crippen LogP contribution in [0.1, 0.15) is 138 Å². The lowest BCUT2D eigenvalue weighted by molar-refractivity contribution is 0.559. The minimum atomic E-state index is -0.483. The lowest BCUT2D eigenvalue weighted by Gasteiger charge is -2.17. The molecule has 0 saturated heterocycles. The Morgan fingerprint density at radius 3 is 1.35 bits per heavy atom. The van der Waals surface area contributed by atoms with Crippen LogP contribution in [0.4, 0.5) is 33.7 Å². The molecule has 6 heterocycles. The smallest absolute Gasteiger partial charge is 0.222 e. The maximum Gasteiger partial charge on any atom is 0.222 e. The summed E-state index contributed by atoms with van der Waals surface area (Å²) < 4.78 is 12.9. The molecule has 6 rings (SSSR count). The van der Waals surface area contributed by atoms with Gasteiger partial charge in [0.15, 0.2) is 0 Å². The quantitative estimate of drug-likeness (QED) is 0.104. The zero-order valence-electron chi connectivity index (χ0n) is 39.9. The first-order valence-corrected chi connectivity index (χ1v) is 20.6. The van der Waals surface area contributed by atoms with Gasteiger partial charge in [-0.15, -0.1) is 5.10 Å². The molecule has 0 radical (unpaired) electrons. The number of hydrogen-bond acceptors (Lipinski definition) is 15. The minimum Gasteiger partial charge on any atom is -0.384 e. The average molecular weight is 864 g/mol. The maximum atomic E-state index is 12.9. The van der Waals surface area contributed by atoms with Crippen molar-refractivity contribution in [3.05, 3.63) is 126 Å². The van der Waals surface area contributed by atoms with E-state index in [4.69, 9.17) is 22.9 Å². The highest BCUT2D eigenvalue weighted by Gasteiger charge is 2.17. The predicted octanol–water partition coefficient (Wildman–Crippen LogP) is 8.95. The summed E-state index contributed by atoms with van der Waals surface area (Å²) in [5, 5.41) is 10.8. The Balaban J connectivity index is 0.000000277. The molecule has 340 valence electrons. The first-order chi connectivity index (χ1) is 28.9. The lowest BCUT2D eigenvalue weighted by atomic mass is 9.88. The van der Waals surface area contributed by atoms with Crippen molar-refractivity contribution in [1.29, 1.82) is 0 Å². The van der Waals surface area contributed by atoms with Gasteiger partial charge < -0.3 is 28.3 Å². The second-order valence-corrected chi connectivity index (χ2v) is 19.8. The normalized spacial score (nSPS) is 11.5. The summed E-state index contributed by atoms with van der Waals surface area (Å²) in [7, 11) is 0. The van der Waals surface area contributed by atoms with Crippen molar-refractivity contribution in [2.24, 2.45) is 0 Å². The van der Waals surface area contributed by atoms with Crippen molar-refractivity contribution in [3.63, 3.8) is 0 Å². The van der Waals surface area contributed by atoms with Gasteiger partial charge in [-0.3, -0.25) is 4.98 Å². The van der Waals surface area contributed by atoms with E-state index in [0.717, 1.165) is 22.5 Å². The second-order valence-electron chi connectivity index (χ2n) is 19.8. The largest absolute Gasteiger partial charge is 0.384 e. The summed E-state index contributed by atoms with van der Waals surface area (Å²) in [6.07, 6.45) is 12.3. The van der Waals surface area contributed by atoms with Crippen molar-refractivity contribution in [2.45, 2.75) is 137 Å². The molecule has 9 N–H and O–H groups in total. The fraction of sp³-hybridized carbons (Fsp3) is 0.447. The van der Waals surface area contributed by atoms with Gasteiger partial charge in [0.25, 0.3) is 0 Å². The van der Waals surface area contributed by atoms with E-state index in [1.807, 2.05) is 24.4 Å². The molecule has 0 spiro atoms. The second kappa shape index (κ2) is 22.6. The summed E-state index contributed by atoms with van der Waals surface area (Å²) >= 11 is 0. The summed E-state index contributed by atoms with van der Waals surface area (Å²) in [5.74, 6) is 1.88. The van der Waals surface area contributed by atoms with Crippen molar-refractivity contribution in [1.82, 2.24) is 50.1 Å². The standard InChI is InChI=1S/C14H17FN4.C9H14N2.3C8H13N3/c1-14(2,3)10-7-16-13(17-8-10)18-9-11-5-4-6-12(15)19-11;1-9(2,3)7-4-5-8(10)11-6-7;1-8(2,3)6-4-11-7(9)5-10-6;1-8(2,3)6-4-10-7(9)11-5-6;1-8(2,3)6-4-5-7(9)11-10-6/h4-8H,9H2,1-3H3,(H,16,17,18);4-6H,1-3H3,(H2,10,11);4-5H,1-3H3,(H2,9,11);4-5H,1-3H3,(H2,9,10,11);4-5H,1-3H3,(H2,9,11). The zero-order chi connectivity index (χ0) is 47.8. The molecule has 63 heavy (non-hydrogen) atoms. The molecule has 0 unspecified atom stereocenters. The van der Waals surface area contributed by atoms with Crippen LogP contribution in [0.25, 0.3) is 0 Å². The van der Waals surface area contributed by atoms with Gasteiger partial charge in [-0.2, -0.15) is 9.49 Å². The van der Waals surface area contributed by atoms with Crippen LogP contribution in [0.2, 0.25) is 0 Å². The average Bonchev–Trinajstić information content (AvgIpc) is 3.17. The van der Waals surface area contributed by atoms with E-state index in [1.54, 1.807) is 55.4 Å². The highest BCUT2D eigenvalue weighted by molar-refractivity contribution is 5.32. The van der Waals surface area contributed by atoms with Crippen LogP contribution >= 0.6 is 0 Å². The fourth-order valence-electron chi connectivity index (χ4n) is 4.57. The Morgan fingerprint density at radius 1 is 0.444 bits per heavy atom. The molecule has 0 aliphatic heterocycles. The van der Waals surface area contributed by atoms with Crippen LogP contribution in [-0.2, 0) is 33.6 Å². The number of halogens is 1. The van der Waals surface area contributed by atoms with Crippen LogP contribution in [-0.4, -0.2) is 50.1 Å². The number of nitrogen functional groups attached to an aromatic ring is 4. The Labute approximate surface area is 374 Å². The minimum absolute atomic E-state index is 0.0304. The maximum absolute atomic E-state index is 12.9. The molecule has 0 aliphatic carbocycles. The van der Waals surface area contributed by atoms with Crippen molar-refractivity contribution in [3.8, 4) is 0 Å². The molecule has 15 nitrogen and oxygen atoms in total. The highest BCUT2D eigenvalue weighted by Crippen LogP contribution is 2.23. The van der Waals surface area contributed by atoms with Crippen LogP contribution in [0.15, 0.2) is 85.8 Å². The first-order valence-electron chi connectivity index (χ1n) is 20.6. The Kier molecular flexibility index (Phi) is 18.9. The Hall–Kier alpha value is -6.45. The Bertz CT molecular complexity index is 1990. The lowest BCUT2D eigenvalue weighted by Crippen LogP contribution is -2.14. The Morgan fingerprint density at radius 2 is 0.937 bits per heavy atom. The molecule has 0 fully saturated rings. The molecule has 6 aromatic heterocycles.